The van der Waals surface area contributed by atoms with Crippen molar-refractivity contribution in [1.82, 2.24) is 5.32 Å². The van der Waals surface area contributed by atoms with Gasteiger partial charge in [-0.2, -0.15) is 0 Å². The molecule has 0 radical (unpaired) electrons. The van der Waals surface area contributed by atoms with E-state index in [1.54, 1.807) is 6.92 Å². The third-order valence-corrected chi connectivity index (χ3v) is 3.61. The van der Waals surface area contributed by atoms with Gasteiger partial charge in [-0.3, -0.25) is 4.79 Å². The van der Waals surface area contributed by atoms with Crippen molar-refractivity contribution in [2.45, 2.75) is 31.4 Å². The predicted octanol–water partition coefficient (Wildman–Crippen LogP) is 0.240. The van der Waals surface area contributed by atoms with Crippen LogP contribution < -0.4 is 10.1 Å². The van der Waals surface area contributed by atoms with Crippen molar-refractivity contribution >= 4 is 5.91 Å². The molecule has 1 heterocycles. The molecule has 1 unspecified atom stereocenters. The fraction of sp³-hybridized carbons (Fsp3) is 0.500. The first-order valence-corrected chi connectivity index (χ1v) is 6.42. The molecule has 104 valence electrons. The maximum atomic E-state index is 12.1. The Kier molecular flexibility index (Phi) is 4.07. The van der Waals surface area contributed by atoms with Gasteiger partial charge in [0, 0.05) is 6.42 Å². The molecule has 1 aliphatic heterocycles. The van der Waals surface area contributed by atoms with E-state index in [0.717, 1.165) is 11.3 Å². The van der Waals surface area contributed by atoms with E-state index in [9.17, 15) is 15.0 Å². The number of hydrogen-bond acceptors (Lipinski definition) is 4. The van der Waals surface area contributed by atoms with Crippen LogP contribution in [0.4, 0.5) is 0 Å². The van der Waals surface area contributed by atoms with E-state index >= 15 is 0 Å². The molecule has 5 heteroatoms. The maximum absolute atomic E-state index is 12.1. The summed E-state index contributed by atoms with van der Waals surface area (Å²) in [5, 5.41) is 21.3. The number of benzene rings is 1. The Hall–Kier alpha value is -1.59. The van der Waals surface area contributed by atoms with Gasteiger partial charge in [0.2, 0.25) is 0 Å². The molecular weight excluding hydrogens is 246 g/mol. The van der Waals surface area contributed by atoms with E-state index in [4.69, 9.17) is 4.74 Å². The van der Waals surface area contributed by atoms with Crippen LogP contribution in [0.3, 0.4) is 0 Å². The summed E-state index contributed by atoms with van der Waals surface area (Å²) < 4.78 is 5.57. The Morgan fingerprint density at radius 3 is 2.68 bits per heavy atom. The molecule has 0 bridgehead atoms. The van der Waals surface area contributed by atoms with Crippen LogP contribution in [-0.4, -0.2) is 41.0 Å². The zero-order chi connectivity index (χ0) is 13.9. The zero-order valence-electron chi connectivity index (χ0n) is 10.9. The molecule has 19 heavy (non-hydrogen) atoms. The van der Waals surface area contributed by atoms with Gasteiger partial charge in [0.05, 0.1) is 18.8 Å². The van der Waals surface area contributed by atoms with E-state index < -0.39 is 11.6 Å². The topological polar surface area (TPSA) is 78.8 Å². The summed E-state index contributed by atoms with van der Waals surface area (Å²) in [6, 6.07) is 7.51. The van der Waals surface area contributed by atoms with Crippen LogP contribution in [0.15, 0.2) is 24.3 Å². The zero-order valence-corrected chi connectivity index (χ0v) is 10.9. The highest BCUT2D eigenvalue weighted by molar-refractivity contribution is 5.83. The summed E-state index contributed by atoms with van der Waals surface area (Å²) in [7, 11) is 0. The highest BCUT2D eigenvalue weighted by atomic mass is 16.5. The summed E-state index contributed by atoms with van der Waals surface area (Å²) in [5.74, 6) is 0.416. The molecule has 0 aromatic heterocycles. The summed E-state index contributed by atoms with van der Waals surface area (Å²) in [6.07, 6.45) is 0.366. The van der Waals surface area contributed by atoms with Gasteiger partial charge in [0.1, 0.15) is 5.75 Å². The van der Waals surface area contributed by atoms with Crippen LogP contribution in [0, 0.1) is 0 Å². The number of hydrogen-bond donors (Lipinski definition) is 3. The van der Waals surface area contributed by atoms with Crippen LogP contribution >= 0.6 is 0 Å². The van der Waals surface area contributed by atoms with Gasteiger partial charge >= 0.3 is 0 Å². The van der Waals surface area contributed by atoms with Gasteiger partial charge in [-0.05, 0) is 18.1 Å². The van der Waals surface area contributed by atoms with E-state index in [2.05, 4.69) is 5.32 Å². The minimum Gasteiger partial charge on any atom is -0.480 e. The minimum atomic E-state index is -0.977. The third kappa shape index (κ3) is 2.72. The molecule has 0 saturated heterocycles. The van der Waals surface area contributed by atoms with Crippen LogP contribution in [0.5, 0.6) is 5.75 Å². The average Bonchev–Trinajstić information content (AvgIpc) is 2.89. The van der Waals surface area contributed by atoms with E-state index in [0.29, 0.717) is 12.8 Å². The summed E-state index contributed by atoms with van der Waals surface area (Å²) >= 11 is 0. The smallest absolute Gasteiger partial charge is 0.262 e. The number of para-hydroxylation sites is 1. The molecule has 0 spiro atoms. The first-order chi connectivity index (χ1) is 9.14. The number of aliphatic hydroxyl groups excluding tert-OH is 2. The van der Waals surface area contributed by atoms with E-state index in [1.807, 2.05) is 24.3 Å². The Labute approximate surface area is 112 Å². The van der Waals surface area contributed by atoms with E-state index in [1.165, 1.54) is 0 Å². The second-order valence-electron chi connectivity index (χ2n) is 4.86. The van der Waals surface area contributed by atoms with Crippen LogP contribution in [0.1, 0.15) is 18.9 Å². The summed E-state index contributed by atoms with van der Waals surface area (Å²) in [4.78, 5) is 12.1. The van der Waals surface area contributed by atoms with Crippen molar-refractivity contribution in [3.8, 4) is 5.75 Å². The first kappa shape index (κ1) is 13.8. The summed E-state index contributed by atoms with van der Waals surface area (Å²) in [6.45, 7) is 1.20. The van der Waals surface area contributed by atoms with Crippen LogP contribution in [-0.2, 0) is 11.2 Å². The largest absolute Gasteiger partial charge is 0.480 e. The molecule has 2 rings (SSSR count). The van der Waals surface area contributed by atoms with Gasteiger partial charge < -0.3 is 20.3 Å². The fourth-order valence-corrected chi connectivity index (χ4v) is 2.11. The Balaban J connectivity index is 2.03. The molecule has 1 aromatic rings. The maximum Gasteiger partial charge on any atom is 0.262 e. The molecule has 0 aliphatic carbocycles. The normalized spacial score (nSPS) is 17.7. The molecule has 0 fully saturated rings. The predicted molar refractivity (Wildman–Crippen MR) is 69.9 cm³/mol. The molecule has 1 aromatic carbocycles. The van der Waals surface area contributed by atoms with E-state index in [-0.39, 0.29) is 19.1 Å². The number of carbonyl (C=O) groups excluding carboxylic acids is 1. The second kappa shape index (κ2) is 5.59. The molecule has 1 atom stereocenters. The molecule has 1 aliphatic rings. The van der Waals surface area contributed by atoms with Crippen LogP contribution in [0.25, 0.3) is 0 Å². The van der Waals surface area contributed by atoms with Crippen molar-refractivity contribution in [3.63, 3.8) is 0 Å². The number of carbonyl (C=O) groups is 1. The van der Waals surface area contributed by atoms with Crippen molar-refractivity contribution in [3.05, 3.63) is 29.8 Å². The van der Waals surface area contributed by atoms with Crippen LogP contribution in [0.2, 0.25) is 0 Å². The lowest BCUT2D eigenvalue weighted by Gasteiger charge is -2.30. The average molecular weight is 265 g/mol. The van der Waals surface area contributed by atoms with Gasteiger partial charge in [-0.25, -0.2) is 0 Å². The number of ether oxygens (including phenoxy) is 1. The lowest BCUT2D eigenvalue weighted by Crippen LogP contribution is -2.57. The molecule has 3 N–H and O–H groups in total. The molecular formula is C14H19NO4. The van der Waals surface area contributed by atoms with Crippen molar-refractivity contribution in [2.75, 3.05) is 13.2 Å². The van der Waals surface area contributed by atoms with Gasteiger partial charge in [0.15, 0.2) is 6.10 Å². The monoisotopic (exact) mass is 265 g/mol. The van der Waals surface area contributed by atoms with Gasteiger partial charge in [0.25, 0.3) is 5.91 Å². The Morgan fingerprint density at radius 1 is 1.42 bits per heavy atom. The number of amides is 1. The Morgan fingerprint density at radius 2 is 2.11 bits per heavy atom. The SMILES string of the molecule is CCC(CO)(CO)NC(=O)C1Cc2ccccc2O1. The minimum absolute atomic E-state index is 0.300. The quantitative estimate of drug-likeness (QED) is 0.712. The molecule has 0 saturated carbocycles. The van der Waals surface area contributed by atoms with Crippen molar-refractivity contribution < 1.29 is 19.7 Å². The lowest BCUT2D eigenvalue weighted by molar-refractivity contribution is -0.130. The van der Waals surface area contributed by atoms with Crippen molar-refractivity contribution in [2.24, 2.45) is 0 Å². The number of nitrogens with one attached hydrogen (secondary N) is 1. The van der Waals surface area contributed by atoms with Crippen molar-refractivity contribution in [1.29, 1.82) is 0 Å². The lowest BCUT2D eigenvalue weighted by atomic mass is 9.97. The standard InChI is InChI=1S/C14H19NO4/c1-2-14(8-16,9-17)15-13(18)12-7-10-5-3-4-6-11(10)19-12/h3-6,12,16-17H,2,7-9H2,1H3,(H,15,18). The number of aliphatic hydroxyl groups is 2. The number of fused-ring (bicyclic) bond motifs is 1. The second-order valence-corrected chi connectivity index (χ2v) is 4.86. The molecule has 1 amide bonds. The Bertz CT molecular complexity index is 423. The summed E-state index contributed by atoms with van der Waals surface area (Å²) in [5.41, 5.74) is 0.0209. The first-order valence-electron chi connectivity index (χ1n) is 6.42. The highest BCUT2D eigenvalue weighted by Gasteiger charge is 2.35. The number of rotatable bonds is 5. The van der Waals surface area contributed by atoms with Gasteiger partial charge in [-0.15, -0.1) is 0 Å². The van der Waals surface area contributed by atoms with Gasteiger partial charge in [-0.1, -0.05) is 25.1 Å². The molecule has 5 nitrogen and oxygen atoms in total. The third-order valence-electron chi connectivity index (χ3n) is 3.61. The fourth-order valence-electron chi connectivity index (χ4n) is 2.11. The highest BCUT2D eigenvalue weighted by Crippen LogP contribution is 2.28.